The minimum Gasteiger partial charge on any atom is -0.493 e. The fraction of sp³-hybridized carbons (Fsp3) is 0.500. The van der Waals surface area contributed by atoms with E-state index in [1.807, 2.05) is 6.07 Å². The molecule has 0 heterocycles. The Hall–Kier alpha value is -1.48. The Morgan fingerprint density at radius 1 is 1.32 bits per heavy atom. The lowest BCUT2D eigenvalue weighted by molar-refractivity contribution is -0.703. The Kier molecular flexibility index (Phi) is 5.28. The normalized spacial score (nSPS) is 15.4. The second-order valence-corrected chi connectivity index (χ2v) is 5.07. The first-order chi connectivity index (χ1) is 9.33. The lowest BCUT2D eigenvalue weighted by Crippen LogP contribution is -2.87. The summed E-state index contributed by atoms with van der Waals surface area (Å²) in [5, 5.41) is 2.45. The summed E-state index contributed by atoms with van der Waals surface area (Å²) in [5.41, 5.74) is 1.29. The van der Waals surface area contributed by atoms with Crippen LogP contribution in [0.3, 0.4) is 0 Å². The van der Waals surface area contributed by atoms with Crippen LogP contribution in [0.25, 0.3) is 0 Å². The highest BCUT2D eigenvalue weighted by molar-refractivity contribution is 5.42. The van der Waals surface area contributed by atoms with Gasteiger partial charge in [0.25, 0.3) is 0 Å². The average molecular weight is 262 g/mol. The highest BCUT2D eigenvalue weighted by atomic mass is 16.5. The molecular weight excluding hydrogens is 238 g/mol. The molecule has 0 aliphatic heterocycles. The summed E-state index contributed by atoms with van der Waals surface area (Å²) in [5.74, 6) is 1.59. The van der Waals surface area contributed by atoms with Crippen molar-refractivity contribution in [3.63, 3.8) is 0 Å². The van der Waals surface area contributed by atoms with Crippen LogP contribution in [0.5, 0.6) is 11.5 Å². The third-order valence-corrected chi connectivity index (χ3v) is 3.67. The molecule has 0 aromatic heterocycles. The van der Waals surface area contributed by atoms with E-state index in [4.69, 9.17) is 9.47 Å². The van der Waals surface area contributed by atoms with Gasteiger partial charge in [-0.2, -0.15) is 0 Å². The fourth-order valence-corrected chi connectivity index (χ4v) is 2.60. The first kappa shape index (κ1) is 13.9. The SMILES string of the molecule is C=CCOc1ccc(C[NH2+]C2CCCC2)cc1OC. The molecule has 0 radical (unpaired) electrons. The third kappa shape index (κ3) is 4.00. The molecule has 0 atom stereocenters. The van der Waals surface area contributed by atoms with E-state index in [0.29, 0.717) is 6.61 Å². The van der Waals surface area contributed by atoms with Crippen LogP contribution in [0.4, 0.5) is 0 Å². The number of nitrogens with two attached hydrogens (primary N) is 1. The van der Waals surface area contributed by atoms with Crippen LogP contribution in [-0.4, -0.2) is 19.8 Å². The lowest BCUT2D eigenvalue weighted by atomic mass is 10.1. The summed E-state index contributed by atoms with van der Waals surface area (Å²) >= 11 is 0. The van der Waals surface area contributed by atoms with Gasteiger partial charge in [-0.25, -0.2) is 0 Å². The molecular formula is C16H24NO2+. The highest BCUT2D eigenvalue weighted by Gasteiger charge is 2.17. The molecule has 2 N–H and O–H groups in total. The summed E-state index contributed by atoms with van der Waals surface area (Å²) in [7, 11) is 1.68. The van der Waals surface area contributed by atoms with E-state index in [1.165, 1.54) is 31.2 Å². The zero-order valence-corrected chi connectivity index (χ0v) is 11.7. The summed E-state index contributed by atoms with van der Waals surface area (Å²) in [4.78, 5) is 0. The number of ether oxygens (including phenoxy) is 2. The lowest BCUT2D eigenvalue weighted by Gasteiger charge is -2.12. The molecule has 1 fully saturated rings. The van der Waals surface area contributed by atoms with Gasteiger partial charge >= 0.3 is 0 Å². The van der Waals surface area contributed by atoms with Crippen molar-refractivity contribution in [3.05, 3.63) is 36.4 Å². The van der Waals surface area contributed by atoms with E-state index in [9.17, 15) is 0 Å². The molecule has 1 aliphatic carbocycles. The average Bonchev–Trinajstić information content (AvgIpc) is 2.96. The zero-order chi connectivity index (χ0) is 13.5. The van der Waals surface area contributed by atoms with E-state index < -0.39 is 0 Å². The van der Waals surface area contributed by atoms with Crippen molar-refractivity contribution in [2.75, 3.05) is 13.7 Å². The molecule has 3 nitrogen and oxygen atoms in total. The highest BCUT2D eigenvalue weighted by Crippen LogP contribution is 2.27. The van der Waals surface area contributed by atoms with Crippen LogP contribution in [0, 0.1) is 0 Å². The van der Waals surface area contributed by atoms with Gasteiger partial charge in [-0.3, -0.25) is 0 Å². The molecule has 0 bridgehead atoms. The van der Waals surface area contributed by atoms with Crippen LogP contribution >= 0.6 is 0 Å². The van der Waals surface area contributed by atoms with Crippen molar-refractivity contribution in [1.82, 2.24) is 0 Å². The Labute approximate surface area is 115 Å². The maximum atomic E-state index is 5.56. The van der Waals surface area contributed by atoms with Crippen LogP contribution < -0.4 is 14.8 Å². The number of quaternary nitrogens is 1. The summed E-state index contributed by atoms with van der Waals surface area (Å²) < 4.78 is 10.9. The van der Waals surface area contributed by atoms with Gasteiger partial charge < -0.3 is 14.8 Å². The molecule has 1 aliphatic rings. The number of benzene rings is 1. The van der Waals surface area contributed by atoms with Gasteiger partial charge in [-0.05, 0) is 43.9 Å². The quantitative estimate of drug-likeness (QED) is 0.765. The number of methoxy groups -OCH3 is 1. The predicted molar refractivity (Wildman–Crippen MR) is 76.6 cm³/mol. The second-order valence-electron chi connectivity index (χ2n) is 5.07. The van der Waals surface area contributed by atoms with E-state index in [2.05, 4.69) is 24.0 Å². The minimum absolute atomic E-state index is 0.504. The summed E-state index contributed by atoms with van der Waals surface area (Å²) in [6.45, 7) is 5.17. The van der Waals surface area contributed by atoms with Crippen molar-refractivity contribution in [2.45, 2.75) is 38.3 Å². The Morgan fingerprint density at radius 2 is 2.11 bits per heavy atom. The topological polar surface area (TPSA) is 35.1 Å². The van der Waals surface area contributed by atoms with Crippen LogP contribution in [0.1, 0.15) is 31.2 Å². The largest absolute Gasteiger partial charge is 0.493 e. The van der Waals surface area contributed by atoms with Gasteiger partial charge in [0.1, 0.15) is 13.2 Å². The van der Waals surface area contributed by atoms with Crippen molar-refractivity contribution in [3.8, 4) is 11.5 Å². The van der Waals surface area contributed by atoms with Crippen LogP contribution in [0.15, 0.2) is 30.9 Å². The maximum absolute atomic E-state index is 5.56. The molecule has 1 aromatic carbocycles. The molecule has 0 spiro atoms. The molecule has 0 amide bonds. The first-order valence-electron chi connectivity index (χ1n) is 7.07. The fourth-order valence-electron chi connectivity index (χ4n) is 2.60. The molecule has 1 saturated carbocycles. The Balaban J connectivity index is 1.95. The first-order valence-corrected chi connectivity index (χ1v) is 7.07. The zero-order valence-electron chi connectivity index (χ0n) is 11.7. The monoisotopic (exact) mass is 262 g/mol. The van der Waals surface area contributed by atoms with Gasteiger partial charge in [0.2, 0.25) is 0 Å². The number of hydrogen-bond donors (Lipinski definition) is 1. The van der Waals surface area contributed by atoms with E-state index in [1.54, 1.807) is 13.2 Å². The van der Waals surface area contributed by atoms with E-state index in [-0.39, 0.29) is 0 Å². The van der Waals surface area contributed by atoms with Crippen molar-refractivity contribution < 1.29 is 14.8 Å². The molecule has 104 valence electrons. The van der Waals surface area contributed by atoms with Crippen LogP contribution in [-0.2, 0) is 6.54 Å². The van der Waals surface area contributed by atoms with Gasteiger partial charge in [0.05, 0.1) is 13.2 Å². The van der Waals surface area contributed by atoms with E-state index in [0.717, 1.165) is 24.1 Å². The smallest absolute Gasteiger partial charge is 0.161 e. The van der Waals surface area contributed by atoms with E-state index >= 15 is 0 Å². The summed E-state index contributed by atoms with van der Waals surface area (Å²) in [6.07, 6.45) is 7.23. The molecule has 1 aromatic rings. The summed E-state index contributed by atoms with van der Waals surface area (Å²) in [6, 6.07) is 6.99. The second kappa shape index (κ2) is 7.19. The van der Waals surface area contributed by atoms with Gasteiger partial charge in [-0.1, -0.05) is 12.7 Å². The maximum Gasteiger partial charge on any atom is 0.161 e. The van der Waals surface area contributed by atoms with Crippen molar-refractivity contribution in [2.24, 2.45) is 0 Å². The number of rotatable bonds is 7. The molecule has 2 rings (SSSR count). The number of hydrogen-bond acceptors (Lipinski definition) is 2. The molecule has 0 saturated heterocycles. The standard InChI is InChI=1S/C16H23NO2/c1-3-10-19-15-9-8-13(11-16(15)18-2)12-17-14-6-4-5-7-14/h3,8-9,11,14,17H,1,4-7,10,12H2,2H3/p+1. The van der Waals surface area contributed by atoms with Gasteiger partial charge in [0, 0.05) is 5.56 Å². The van der Waals surface area contributed by atoms with Gasteiger partial charge in [-0.15, -0.1) is 0 Å². The predicted octanol–water partition coefficient (Wildman–Crippen LogP) is 2.27. The minimum atomic E-state index is 0.504. The van der Waals surface area contributed by atoms with Gasteiger partial charge in [0.15, 0.2) is 11.5 Å². The Bertz CT molecular complexity index is 411. The van der Waals surface area contributed by atoms with Crippen LogP contribution in [0.2, 0.25) is 0 Å². The molecule has 19 heavy (non-hydrogen) atoms. The molecule has 0 unspecified atom stereocenters. The van der Waals surface area contributed by atoms with Crippen molar-refractivity contribution >= 4 is 0 Å². The van der Waals surface area contributed by atoms with Crippen molar-refractivity contribution in [1.29, 1.82) is 0 Å². The third-order valence-electron chi connectivity index (χ3n) is 3.67. The Morgan fingerprint density at radius 3 is 2.79 bits per heavy atom. The molecule has 3 heteroatoms.